The molecule has 3 aromatic carbocycles. The lowest BCUT2D eigenvalue weighted by atomic mass is 10.0. The summed E-state index contributed by atoms with van der Waals surface area (Å²) >= 11 is 0. The van der Waals surface area contributed by atoms with E-state index in [4.69, 9.17) is 21.9 Å². The summed E-state index contributed by atoms with van der Waals surface area (Å²) in [5.41, 5.74) is 21.5. The minimum absolute atomic E-state index is 0.250. The molecule has 0 unspecified atom stereocenters. The number of hydrogen-bond acceptors (Lipinski definition) is 4. The van der Waals surface area contributed by atoms with Gasteiger partial charge in [-0.1, -0.05) is 24.3 Å². The average molecular weight is 305 g/mol. The lowest BCUT2D eigenvalue weighted by Gasteiger charge is -2.20. The van der Waals surface area contributed by atoms with E-state index in [9.17, 15) is 0 Å². The zero-order valence-electron chi connectivity index (χ0n) is 12.6. The standard InChI is InChI=1S/C19H19N3O/c20-15-5-1-13(2-6-15)19(14-3-7-16(21)8-4-14)23-18-11-9-17(22)10-12-18/h1-12,19H,20-22H2. The molecule has 3 aromatic rings. The maximum absolute atomic E-state index is 6.18. The van der Waals surface area contributed by atoms with Gasteiger partial charge in [0.2, 0.25) is 0 Å². The third-order valence-electron chi connectivity index (χ3n) is 3.61. The number of benzene rings is 3. The summed E-state index contributed by atoms with van der Waals surface area (Å²) in [6.07, 6.45) is -0.250. The number of nitrogen functional groups attached to an aromatic ring is 3. The lowest BCUT2D eigenvalue weighted by Crippen LogP contribution is -2.09. The fourth-order valence-corrected chi connectivity index (χ4v) is 2.35. The van der Waals surface area contributed by atoms with E-state index in [-0.39, 0.29) is 6.10 Å². The Morgan fingerprint density at radius 3 is 1.26 bits per heavy atom. The van der Waals surface area contributed by atoms with Crippen LogP contribution in [0, 0.1) is 0 Å². The first kappa shape index (κ1) is 14.8. The summed E-state index contributed by atoms with van der Waals surface area (Å²) in [6, 6.07) is 22.7. The van der Waals surface area contributed by atoms with Crippen molar-refractivity contribution >= 4 is 17.1 Å². The van der Waals surface area contributed by atoms with Crippen LogP contribution in [0.15, 0.2) is 72.8 Å². The van der Waals surface area contributed by atoms with Crippen LogP contribution >= 0.6 is 0 Å². The van der Waals surface area contributed by atoms with Gasteiger partial charge < -0.3 is 21.9 Å². The van der Waals surface area contributed by atoms with Crippen molar-refractivity contribution < 1.29 is 4.74 Å². The van der Waals surface area contributed by atoms with Crippen LogP contribution in [0.4, 0.5) is 17.1 Å². The fraction of sp³-hybridized carbons (Fsp3) is 0.0526. The molecule has 0 atom stereocenters. The van der Waals surface area contributed by atoms with Crippen molar-refractivity contribution in [3.8, 4) is 5.75 Å². The Bertz CT molecular complexity index is 720. The smallest absolute Gasteiger partial charge is 0.149 e. The highest BCUT2D eigenvalue weighted by Gasteiger charge is 2.16. The SMILES string of the molecule is Nc1ccc(OC(c2ccc(N)cc2)c2ccc(N)cc2)cc1. The van der Waals surface area contributed by atoms with Gasteiger partial charge in [-0.15, -0.1) is 0 Å². The third-order valence-corrected chi connectivity index (χ3v) is 3.61. The predicted octanol–water partition coefficient (Wildman–Crippen LogP) is 3.60. The first-order valence-electron chi connectivity index (χ1n) is 7.35. The molecule has 23 heavy (non-hydrogen) atoms. The summed E-state index contributed by atoms with van der Waals surface area (Å²) in [5.74, 6) is 0.748. The van der Waals surface area contributed by atoms with Crippen LogP contribution in [0.3, 0.4) is 0 Å². The van der Waals surface area contributed by atoms with E-state index in [1.54, 1.807) is 0 Å². The number of rotatable bonds is 4. The Morgan fingerprint density at radius 1 is 0.522 bits per heavy atom. The number of ether oxygens (including phenoxy) is 1. The predicted molar refractivity (Wildman–Crippen MR) is 95.0 cm³/mol. The van der Waals surface area contributed by atoms with E-state index in [1.165, 1.54) is 0 Å². The second-order valence-electron chi connectivity index (χ2n) is 5.40. The molecule has 0 aliphatic heterocycles. The number of anilines is 3. The van der Waals surface area contributed by atoms with Crippen molar-refractivity contribution in [1.82, 2.24) is 0 Å². The maximum atomic E-state index is 6.18. The van der Waals surface area contributed by atoms with Crippen molar-refractivity contribution in [2.24, 2.45) is 0 Å². The molecule has 0 radical (unpaired) electrons. The molecule has 0 saturated carbocycles. The summed E-state index contributed by atoms with van der Waals surface area (Å²) in [5, 5.41) is 0. The molecule has 116 valence electrons. The number of nitrogens with two attached hydrogens (primary N) is 3. The first-order chi connectivity index (χ1) is 11.1. The van der Waals surface area contributed by atoms with Crippen molar-refractivity contribution in [2.75, 3.05) is 17.2 Å². The van der Waals surface area contributed by atoms with Gasteiger partial charge >= 0.3 is 0 Å². The third kappa shape index (κ3) is 3.55. The van der Waals surface area contributed by atoms with E-state index in [2.05, 4.69) is 0 Å². The highest BCUT2D eigenvalue weighted by Crippen LogP contribution is 2.29. The molecule has 0 saturated heterocycles. The van der Waals surface area contributed by atoms with Crippen molar-refractivity contribution in [2.45, 2.75) is 6.10 Å². The summed E-state index contributed by atoms with van der Waals surface area (Å²) in [7, 11) is 0. The fourth-order valence-electron chi connectivity index (χ4n) is 2.35. The van der Waals surface area contributed by atoms with Crippen LogP contribution in [-0.2, 0) is 0 Å². The van der Waals surface area contributed by atoms with Gasteiger partial charge in [0.15, 0.2) is 0 Å². The molecule has 0 aliphatic rings. The minimum Gasteiger partial charge on any atom is -0.481 e. The molecular weight excluding hydrogens is 286 g/mol. The van der Waals surface area contributed by atoms with Gasteiger partial charge in [-0.3, -0.25) is 0 Å². The van der Waals surface area contributed by atoms with Gasteiger partial charge in [-0.05, 0) is 59.7 Å². The lowest BCUT2D eigenvalue weighted by molar-refractivity contribution is 0.247. The second kappa shape index (κ2) is 6.32. The Hall–Kier alpha value is -3.14. The molecule has 0 bridgehead atoms. The molecule has 0 amide bonds. The molecule has 0 aromatic heterocycles. The average Bonchev–Trinajstić information content (AvgIpc) is 2.56. The van der Waals surface area contributed by atoms with Gasteiger partial charge in [0, 0.05) is 17.1 Å². The van der Waals surface area contributed by atoms with Crippen LogP contribution in [-0.4, -0.2) is 0 Å². The highest BCUT2D eigenvalue weighted by atomic mass is 16.5. The van der Waals surface area contributed by atoms with E-state index in [1.807, 2.05) is 72.8 Å². The van der Waals surface area contributed by atoms with Crippen LogP contribution < -0.4 is 21.9 Å². The zero-order chi connectivity index (χ0) is 16.2. The molecule has 4 nitrogen and oxygen atoms in total. The molecule has 0 spiro atoms. The van der Waals surface area contributed by atoms with Crippen LogP contribution in [0.5, 0.6) is 5.75 Å². The van der Waals surface area contributed by atoms with E-state index in [0.29, 0.717) is 5.69 Å². The van der Waals surface area contributed by atoms with E-state index >= 15 is 0 Å². The van der Waals surface area contributed by atoms with E-state index < -0.39 is 0 Å². The second-order valence-corrected chi connectivity index (χ2v) is 5.40. The van der Waals surface area contributed by atoms with Gasteiger partial charge in [-0.2, -0.15) is 0 Å². The molecular formula is C19H19N3O. The Kier molecular flexibility index (Phi) is 4.06. The van der Waals surface area contributed by atoms with Gasteiger partial charge in [0.25, 0.3) is 0 Å². The van der Waals surface area contributed by atoms with Crippen LogP contribution in [0.1, 0.15) is 17.2 Å². The van der Waals surface area contributed by atoms with Crippen molar-refractivity contribution in [1.29, 1.82) is 0 Å². The molecule has 0 heterocycles. The Balaban J connectivity index is 1.97. The van der Waals surface area contributed by atoms with Gasteiger partial charge in [-0.25, -0.2) is 0 Å². The summed E-state index contributed by atoms with van der Waals surface area (Å²) in [4.78, 5) is 0. The monoisotopic (exact) mass is 305 g/mol. The van der Waals surface area contributed by atoms with Crippen LogP contribution in [0.25, 0.3) is 0 Å². The first-order valence-corrected chi connectivity index (χ1v) is 7.35. The highest BCUT2D eigenvalue weighted by molar-refractivity contribution is 5.46. The van der Waals surface area contributed by atoms with E-state index in [0.717, 1.165) is 28.3 Å². The van der Waals surface area contributed by atoms with Crippen LogP contribution in [0.2, 0.25) is 0 Å². The summed E-state index contributed by atoms with van der Waals surface area (Å²) < 4.78 is 6.18. The maximum Gasteiger partial charge on any atom is 0.149 e. The molecule has 0 fully saturated rings. The molecule has 4 heteroatoms. The Labute approximate surface area is 135 Å². The van der Waals surface area contributed by atoms with Crippen molar-refractivity contribution in [3.63, 3.8) is 0 Å². The van der Waals surface area contributed by atoms with Gasteiger partial charge in [0.05, 0.1) is 0 Å². The Morgan fingerprint density at radius 2 is 0.870 bits per heavy atom. The molecule has 0 aliphatic carbocycles. The molecule has 6 N–H and O–H groups in total. The zero-order valence-corrected chi connectivity index (χ0v) is 12.6. The largest absolute Gasteiger partial charge is 0.481 e. The molecule has 3 rings (SSSR count). The minimum atomic E-state index is -0.250. The summed E-state index contributed by atoms with van der Waals surface area (Å²) in [6.45, 7) is 0. The normalized spacial score (nSPS) is 10.7. The van der Waals surface area contributed by atoms with Gasteiger partial charge in [0.1, 0.15) is 11.9 Å². The topological polar surface area (TPSA) is 87.3 Å². The number of hydrogen-bond donors (Lipinski definition) is 3. The quantitative estimate of drug-likeness (QED) is 0.643. The van der Waals surface area contributed by atoms with Crippen molar-refractivity contribution in [3.05, 3.63) is 83.9 Å².